The number of amides is 1. The molecule has 0 radical (unpaired) electrons. The van der Waals surface area contributed by atoms with Crippen LogP contribution in [0.25, 0.3) is 17.2 Å². The number of benzene rings is 1. The highest BCUT2D eigenvalue weighted by atomic mass is 35.5. The minimum atomic E-state index is -4.28. The number of aromatic nitrogens is 1. The Labute approximate surface area is 228 Å². The summed E-state index contributed by atoms with van der Waals surface area (Å²) in [6.07, 6.45) is 3.90. The molecule has 1 fully saturated rings. The van der Waals surface area contributed by atoms with Gasteiger partial charge in [0.15, 0.2) is 9.84 Å². The summed E-state index contributed by atoms with van der Waals surface area (Å²) < 4.78 is 51.5. The van der Waals surface area contributed by atoms with Crippen molar-refractivity contribution in [3.05, 3.63) is 69.3 Å². The van der Waals surface area contributed by atoms with Gasteiger partial charge in [-0.25, -0.2) is 21.8 Å². The van der Waals surface area contributed by atoms with Gasteiger partial charge in [-0.3, -0.25) is 14.5 Å². The van der Waals surface area contributed by atoms with Gasteiger partial charge in [0.25, 0.3) is 0 Å². The molecule has 0 bridgehead atoms. The number of pyridine rings is 1. The van der Waals surface area contributed by atoms with Crippen molar-refractivity contribution in [1.82, 2.24) is 9.29 Å². The third-order valence-electron chi connectivity index (χ3n) is 5.76. The highest BCUT2D eigenvalue weighted by molar-refractivity contribution is 7.92. The summed E-state index contributed by atoms with van der Waals surface area (Å²) >= 11 is 7.02. The van der Waals surface area contributed by atoms with E-state index in [4.69, 9.17) is 11.6 Å². The van der Waals surface area contributed by atoms with Crippen molar-refractivity contribution in [2.75, 3.05) is 24.2 Å². The third kappa shape index (κ3) is 6.13. The van der Waals surface area contributed by atoms with E-state index in [1.54, 1.807) is 36.4 Å². The third-order valence-corrected chi connectivity index (χ3v) is 9.63. The first-order valence-corrected chi connectivity index (χ1v) is 15.7. The smallest absolute Gasteiger partial charge is 0.318 e. The lowest BCUT2D eigenvalue weighted by Crippen LogP contribution is -2.47. The van der Waals surface area contributed by atoms with Gasteiger partial charge in [-0.2, -0.15) is 4.31 Å². The number of aliphatic carboxylic acids is 1. The van der Waals surface area contributed by atoms with Crippen molar-refractivity contribution in [1.29, 1.82) is 0 Å². The van der Waals surface area contributed by atoms with Gasteiger partial charge in [-0.05, 0) is 42.8 Å². The molecule has 200 valence electrons. The van der Waals surface area contributed by atoms with Gasteiger partial charge in [0.1, 0.15) is 18.4 Å². The van der Waals surface area contributed by atoms with Crippen LogP contribution in [0.4, 0.5) is 5.82 Å². The van der Waals surface area contributed by atoms with Crippen LogP contribution in [0.5, 0.6) is 0 Å². The Morgan fingerprint density at radius 2 is 1.92 bits per heavy atom. The molecule has 0 aliphatic carbocycles. The number of hydrogen-bond donors (Lipinski definition) is 1. The van der Waals surface area contributed by atoms with Crippen molar-refractivity contribution in [2.24, 2.45) is 0 Å². The van der Waals surface area contributed by atoms with E-state index in [0.717, 1.165) is 23.0 Å². The normalized spacial score (nSPS) is 16.6. The van der Waals surface area contributed by atoms with Crippen molar-refractivity contribution in [3.8, 4) is 11.1 Å². The lowest BCUT2D eigenvalue weighted by Gasteiger charge is -2.24. The number of halogens is 1. The molecule has 14 heteroatoms. The zero-order chi connectivity index (χ0) is 27.7. The number of rotatable bonds is 9. The van der Waals surface area contributed by atoms with Crippen LogP contribution in [0.3, 0.4) is 0 Å². The molecule has 1 aliphatic heterocycles. The van der Waals surface area contributed by atoms with Crippen LogP contribution in [0.15, 0.2) is 65.0 Å². The fourth-order valence-electron chi connectivity index (χ4n) is 4.05. The van der Waals surface area contributed by atoms with Gasteiger partial charge in [-0.15, -0.1) is 11.3 Å². The average molecular weight is 596 g/mol. The predicted octanol–water partition coefficient (Wildman–Crippen LogP) is 3.36. The van der Waals surface area contributed by atoms with E-state index < -0.39 is 44.3 Å². The minimum Gasteiger partial charge on any atom is -0.480 e. The SMILES string of the molecule is CS(=O)(=O)c1ccccc1-c1ccc(N2CC[C@H](N(CC(=O)O)S(=O)(=O)/C=C/c3ccc(Cl)s3)C2=O)nc1. The lowest BCUT2D eigenvalue weighted by atomic mass is 10.1. The summed E-state index contributed by atoms with van der Waals surface area (Å²) in [7, 11) is -7.77. The molecule has 0 spiro atoms. The van der Waals surface area contributed by atoms with Gasteiger partial charge >= 0.3 is 5.97 Å². The fourth-order valence-corrected chi connectivity index (χ4v) is 7.33. The number of carboxylic acids is 1. The maximum atomic E-state index is 13.3. The lowest BCUT2D eigenvalue weighted by molar-refractivity contribution is -0.137. The number of carbonyl (C=O) groups excluding carboxylic acids is 1. The topological polar surface area (TPSA) is 142 Å². The molecule has 3 aromatic rings. The summed E-state index contributed by atoms with van der Waals surface area (Å²) in [5, 5.41) is 10.2. The number of hydrogen-bond acceptors (Lipinski definition) is 8. The first-order valence-electron chi connectivity index (χ1n) is 11.1. The van der Waals surface area contributed by atoms with E-state index in [-0.39, 0.29) is 23.7 Å². The van der Waals surface area contributed by atoms with Crippen molar-refractivity contribution in [2.45, 2.75) is 17.4 Å². The molecule has 1 amide bonds. The van der Waals surface area contributed by atoms with E-state index >= 15 is 0 Å². The molecule has 1 aromatic carbocycles. The number of sulfonamides is 1. The molecule has 1 aliphatic rings. The van der Waals surface area contributed by atoms with E-state index in [1.807, 2.05) is 0 Å². The fraction of sp³-hybridized carbons (Fsp3) is 0.208. The van der Waals surface area contributed by atoms with Gasteiger partial charge in [0.05, 0.1) is 9.23 Å². The molecule has 1 saturated heterocycles. The van der Waals surface area contributed by atoms with E-state index in [2.05, 4.69) is 4.98 Å². The summed E-state index contributed by atoms with van der Waals surface area (Å²) in [6, 6.07) is 11.6. The Balaban J connectivity index is 1.58. The second kappa shape index (κ2) is 10.9. The Morgan fingerprint density at radius 1 is 1.18 bits per heavy atom. The van der Waals surface area contributed by atoms with Gasteiger partial charge < -0.3 is 5.11 Å². The number of nitrogens with zero attached hydrogens (tertiary/aromatic N) is 3. The summed E-state index contributed by atoms with van der Waals surface area (Å²) in [5.74, 6) is -1.78. The zero-order valence-electron chi connectivity index (χ0n) is 19.9. The molecule has 2 aromatic heterocycles. The highest BCUT2D eigenvalue weighted by Crippen LogP contribution is 2.30. The predicted molar refractivity (Wildman–Crippen MR) is 145 cm³/mol. The summed E-state index contributed by atoms with van der Waals surface area (Å²) in [4.78, 5) is 31.0. The quantitative estimate of drug-likeness (QED) is 0.397. The first-order chi connectivity index (χ1) is 17.9. The average Bonchev–Trinajstić information content (AvgIpc) is 3.45. The molecular weight excluding hydrogens is 574 g/mol. The van der Waals surface area contributed by atoms with Crippen LogP contribution >= 0.6 is 22.9 Å². The largest absolute Gasteiger partial charge is 0.480 e. The van der Waals surface area contributed by atoms with Crippen molar-refractivity contribution >= 4 is 66.6 Å². The summed E-state index contributed by atoms with van der Waals surface area (Å²) in [5.41, 5.74) is 0.976. The number of thiophene rings is 1. The molecular formula is C24H22ClN3O7S3. The highest BCUT2D eigenvalue weighted by Gasteiger charge is 2.42. The first kappa shape index (κ1) is 27.9. The molecule has 10 nitrogen and oxygen atoms in total. The molecule has 0 saturated carbocycles. The van der Waals surface area contributed by atoms with Crippen LogP contribution in [0.1, 0.15) is 11.3 Å². The van der Waals surface area contributed by atoms with E-state index in [1.165, 1.54) is 29.3 Å². The van der Waals surface area contributed by atoms with Crippen LogP contribution in [-0.4, -0.2) is 68.5 Å². The Bertz CT molecular complexity index is 1620. The van der Waals surface area contributed by atoms with E-state index in [0.29, 0.717) is 24.6 Å². The molecule has 1 N–H and O–H groups in total. The Morgan fingerprint density at radius 3 is 2.53 bits per heavy atom. The van der Waals surface area contributed by atoms with Crippen LogP contribution < -0.4 is 4.90 Å². The number of carbonyl (C=O) groups is 2. The maximum Gasteiger partial charge on any atom is 0.318 e. The zero-order valence-corrected chi connectivity index (χ0v) is 23.1. The number of anilines is 1. The monoisotopic (exact) mass is 595 g/mol. The molecule has 3 heterocycles. The summed E-state index contributed by atoms with van der Waals surface area (Å²) in [6.45, 7) is -0.775. The van der Waals surface area contributed by atoms with Gasteiger partial charge in [0.2, 0.25) is 15.9 Å². The maximum absolute atomic E-state index is 13.3. The Kier molecular flexibility index (Phi) is 8.04. The molecule has 38 heavy (non-hydrogen) atoms. The van der Waals surface area contributed by atoms with Gasteiger partial charge in [-0.1, -0.05) is 29.8 Å². The molecule has 1 atom stereocenters. The van der Waals surface area contributed by atoms with Crippen LogP contribution in [0, 0.1) is 0 Å². The van der Waals surface area contributed by atoms with Crippen LogP contribution in [-0.2, 0) is 29.4 Å². The Hall–Kier alpha value is -3.10. The van der Waals surface area contributed by atoms with E-state index in [9.17, 15) is 31.5 Å². The van der Waals surface area contributed by atoms with Crippen LogP contribution in [0.2, 0.25) is 4.34 Å². The second-order valence-electron chi connectivity index (χ2n) is 8.40. The van der Waals surface area contributed by atoms with Crippen molar-refractivity contribution in [3.63, 3.8) is 0 Å². The molecule has 4 rings (SSSR count). The second-order valence-corrected chi connectivity index (χ2v) is 13.9. The molecule has 0 unspecified atom stereocenters. The van der Waals surface area contributed by atoms with Gasteiger partial charge in [0, 0.05) is 40.4 Å². The van der Waals surface area contributed by atoms with Crippen molar-refractivity contribution < 1.29 is 31.5 Å². The minimum absolute atomic E-state index is 0.0599. The number of carboxylic acid groups (broad SMARTS) is 1. The standard InChI is InChI=1S/C24H22ClN3O7S3/c1-37(32,33)20-5-3-2-4-18(20)16-6-9-22(26-14-16)27-12-10-19(24(27)31)28(15-23(29)30)38(34,35)13-11-17-7-8-21(25)36-17/h2-9,11,13-14,19H,10,12,15H2,1H3,(H,29,30)/b13-11+/t19-/m0/s1. The number of sulfone groups is 1.